The highest BCUT2D eigenvalue weighted by Crippen LogP contribution is 2.37. The van der Waals surface area contributed by atoms with Gasteiger partial charge in [0.15, 0.2) is 0 Å². The standard InChI is InChI=1S/C18H24N6O/c1-11-19-16-5-3-4-15(16)18(20-11)24-8-13-6-23(7-14(13)9-24)10-17-22-21-12(2)25-17/h13-14H,3-10H2,1-2H3. The normalized spacial score (nSPS) is 25.6. The minimum Gasteiger partial charge on any atom is -0.424 e. The van der Waals surface area contributed by atoms with Gasteiger partial charge in [-0.1, -0.05) is 0 Å². The Morgan fingerprint density at radius 1 is 1.00 bits per heavy atom. The Labute approximate surface area is 147 Å². The van der Waals surface area contributed by atoms with Gasteiger partial charge in [-0.15, -0.1) is 10.2 Å². The van der Waals surface area contributed by atoms with Gasteiger partial charge < -0.3 is 9.32 Å². The Bertz CT molecular complexity index is 789. The van der Waals surface area contributed by atoms with Crippen LogP contribution in [0.2, 0.25) is 0 Å². The molecule has 0 bridgehead atoms. The van der Waals surface area contributed by atoms with Crippen molar-refractivity contribution in [3.05, 3.63) is 28.9 Å². The van der Waals surface area contributed by atoms with E-state index in [0.717, 1.165) is 57.3 Å². The molecule has 7 heteroatoms. The van der Waals surface area contributed by atoms with E-state index in [0.29, 0.717) is 17.7 Å². The number of aromatic nitrogens is 4. The SMILES string of the molecule is Cc1nc2c(c(N3CC4CN(Cc5nnc(C)o5)CC4C3)n1)CCC2. The van der Waals surface area contributed by atoms with Crippen molar-refractivity contribution in [2.75, 3.05) is 31.1 Å². The first-order chi connectivity index (χ1) is 12.2. The maximum atomic E-state index is 5.53. The quantitative estimate of drug-likeness (QED) is 0.839. The largest absolute Gasteiger partial charge is 0.424 e. The van der Waals surface area contributed by atoms with Crippen molar-refractivity contribution in [2.24, 2.45) is 11.8 Å². The summed E-state index contributed by atoms with van der Waals surface area (Å²) in [5, 5.41) is 8.06. The van der Waals surface area contributed by atoms with Crippen molar-refractivity contribution in [3.63, 3.8) is 0 Å². The fraction of sp³-hybridized carbons (Fsp3) is 0.667. The van der Waals surface area contributed by atoms with Crippen molar-refractivity contribution in [1.29, 1.82) is 0 Å². The third-order valence-electron chi connectivity index (χ3n) is 5.81. The second-order valence-electron chi connectivity index (χ2n) is 7.71. The summed E-state index contributed by atoms with van der Waals surface area (Å²) in [5.41, 5.74) is 2.69. The summed E-state index contributed by atoms with van der Waals surface area (Å²) in [6, 6.07) is 0. The number of fused-ring (bicyclic) bond motifs is 2. The lowest BCUT2D eigenvalue weighted by atomic mass is 10.0. The fourth-order valence-corrected chi connectivity index (χ4v) is 4.78. The molecule has 5 rings (SSSR count). The summed E-state index contributed by atoms with van der Waals surface area (Å²) in [6.07, 6.45) is 3.47. The average molecular weight is 340 g/mol. The molecule has 25 heavy (non-hydrogen) atoms. The van der Waals surface area contributed by atoms with Crippen molar-refractivity contribution in [1.82, 2.24) is 25.1 Å². The summed E-state index contributed by atoms with van der Waals surface area (Å²) in [6.45, 7) is 9.06. The van der Waals surface area contributed by atoms with Crippen molar-refractivity contribution < 1.29 is 4.42 Å². The Balaban J connectivity index is 1.28. The molecular weight excluding hydrogens is 316 g/mol. The zero-order valence-electron chi connectivity index (χ0n) is 14.9. The van der Waals surface area contributed by atoms with Crippen LogP contribution < -0.4 is 4.90 Å². The average Bonchev–Trinajstić information content (AvgIpc) is 3.30. The first-order valence-corrected chi connectivity index (χ1v) is 9.28. The van der Waals surface area contributed by atoms with Gasteiger partial charge in [-0.05, 0) is 38.0 Å². The zero-order chi connectivity index (χ0) is 17.0. The molecule has 2 unspecified atom stereocenters. The summed E-state index contributed by atoms with van der Waals surface area (Å²) in [5.74, 6) is 4.93. The predicted octanol–water partition coefficient (Wildman–Crippen LogP) is 1.53. The first kappa shape index (κ1) is 15.3. The van der Waals surface area contributed by atoms with Gasteiger partial charge in [0.2, 0.25) is 11.8 Å². The molecule has 0 amide bonds. The number of nitrogens with zero attached hydrogens (tertiary/aromatic N) is 6. The van der Waals surface area contributed by atoms with E-state index in [4.69, 9.17) is 9.40 Å². The minimum atomic E-state index is 0.647. The van der Waals surface area contributed by atoms with Crippen LogP contribution in [0.15, 0.2) is 4.42 Å². The smallest absolute Gasteiger partial charge is 0.230 e. The number of hydrogen-bond donors (Lipinski definition) is 0. The van der Waals surface area contributed by atoms with E-state index >= 15 is 0 Å². The fourth-order valence-electron chi connectivity index (χ4n) is 4.78. The van der Waals surface area contributed by atoms with Gasteiger partial charge in [-0.25, -0.2) is 9.97 Å². The van der Waals surface area contributed by atoms with E-state index in [-0.39, 0.29) is 0 Å². The molecule has 4 heterocycles. The second kappa shape index (κ2) is 5.76. The summed E-state index contributed by atoms with van der Waals surface area (Å²) in [4.78, 5) is 14.4. The molecule has 2 atom stereocenters. The predicted molar refractivity (Wildman–Crippen MR) is 92.3 cm³/mol. The molecule has 132 valence electrons. The van der Waals surface area contributed by atoms with Crippen molar-refractivity contribution >= 4 is 5.82 Å². The van der Waals surface area contributed by atoms with E-state index in [1.807, 2.05) is 13.8 Å². The number of anilines is 1. The molecule has 0 N–H and O–H groups in total. The molecule has 7 nitrogen and oxygen atoms in total. The first-order valence-electron chi connectivity index (χ1n) is 9.28. The number of aryl methyl sites for hydroxylation is 3. The summed E-state index contributed by atoms with van der Waals surface area (Å²) < 4.78 is 5.53. The lowest BCUT2D eigenvalue weighted by molar-refractivity contribution is 0.271. The Kier molecular flexibility index (Phi) is 3.51. The van der Waals surface area contributed by atoms with Crippen LogP contribution in [-0.4, -0.2) is 51.2 Å². The number of rotatable bonds is 3. The topological polar surface area (TPSA) is 71.2 Å². The highest BCUT2D eigenvalue weighted by molar-refractivity contribution is 5.52. The summed E-state index contributed by atoms with van der Waals surface area (Å²) >= 11 is 0. The van der Waals surface area contributed by atoms with Gasteiger partial charge in [0.25, 0.3) is 0 Å². The van der Waals surface area contributed by atoms with Gasteiger partial charge in [0.05, 0.1) is 6.54 Å². The Morgan fingerprint density at radius 3 is 2.52 bits per heavy atom. The summed E-state index contributed by atoms with van der Waals surface area (Å²) in [7, 11) is 0. The lowest BCUT2D eigenvalue weighted by Gasteiger charge is -2.23. The van der Waals surface area contributed by atoms with E-state index in [2.05, 4.69) is 25.0 Å². The maximum absolute atomic E-state index is 5.53. The van der Waals surface area contributed by atoms with Crippen molar-refractivity contribution in [2.45, 2.75) is 39.7 Å². The monoisotopic (exact) mass is 340 g/mol. The van der Waals surface area contributed by atoms with Crippen LogP contribution in [0.25, 0.3) is 0 Å². The number of likely N-dealkylation sites (tertiary alicyclic amines) is 1. The van der Waals surface area contributed by atoms with Crippen LogP contribution in [0.5, 0.6) is 0 Å². The molecule has 0 spiro atoms. The third-order valence-corrected chi connectivity index (χ3v) is 5.81. The molecule has 0 aromatic carbocycles. The molecule has 2 aromatic rings. The van der Waals surface area contributed by atoms with Crippen LogP contribution in [-0.2, 0) is 19.4 Å². The molecule has 0 saturated carbocycles. The minimum absolute atomic E-state index is 0.647. The van der Waals surface area contributed by atoms with Gasteiger partial charge >= 0.3 is 0 Å². The molecule has 2 saturated heterocycles. The van der Waals surface area contributed by atoms with Crippen LogP contribution >= 0.6 is 0 Å². The van der Waals surface area contributed by atoms with Crippen LogP contribution in [0.3, 0.4) is 0 Å². The van der Waals surface area contributed by atoms with Crippen molar-refractivity contribution in [3.8, 4) is 0 Å². The highest BCUT2D eigenvalue weighted by atomic mass is 16.4. The third kappa shape index (κ3) is 2.70. The van der Waals surface area contributed by atoms with E-state index in [9.17, 15) is 0 Å². The van der Waals surface area contributed by atoms with Gasteiger partial charge in [0.1, 0.15) is 11.6 Å². The molecule has 2 aliphatic heterocycles. The zero-order valence-corrected chi connectivity index (χ0v) is 14.9. The molecule has 2 fully saturated rings. The van der Waals surface area contributed by atoms with Crippen LogP contribution in [0.1, 0.15) is 35.3 Å². The van der Waals surface area contributed by atoms with Crippen LogP contribution in [0, 0.1) is 25.7 Å². The van der Waals surface area contributed by atoms with E-state index < -0.39 is 0 Å². The van der Waals surface area contributed by atoms with E-state index in [1.165, 1.54) is 23.5 Å². The Hall–Kier alpha value is -2.02. The number of hydrogen-bond acceptors (Lipinski definition) is 7. The van der Waals surface area contributed by atoms with E-state index in [1.54, 1.807) is 0 Å². The molecule has 3 aliphatic rings. The second-order valence-corrected chi connectivity index (χ2v) is 7.71. The maximum Gasteiger partial charge on any atom is 0.230 e. The van der Waals surface area contributed by atoms with Gasteiger partial charge in [0, 0.05) is 44.4 Å². The Morgan fingerprint density at radius 2 is 1.80 bits per heavy atom. The molecular formula is C18H24N6O. The van der Waals surface area contributed by atoms with Crippen LogP contribution in [0.4, 0.5) is 5.82 Å². The molecule has 1 aliphatic carbocycles. The van der Waals surface area contributed by atoms with Gasteiger partial charge in [-0.2, -0.15) is 0 Å². The highest BCUT2D eigenvalue weighted by Gasteiger charge is 2.41. The molecule has 0 radical (unpaired) electrons. The lowest BCUT2D eigenvalue weighted by Crippen LogP contribution is -2.30. The van der Waals surface area contributed by atoms with Gasteiger partial charge in [-0.3, -0.25) is 4.90 Å². The molecule has 2 aromatic heterocycles.